The average molecular weight is 435 g/mol. The fourth-order valence-electron chi connectivity index (χ4n) is 6.28. The molecule has 162 valence electrons. The summed E-state index contributed by atoms with van der Waals surface area (Å²) >= 11 is 0. The highest BCUT2D eigenvalue weighted by molar-refractivity contribution is 6.59. The van der Waals surface area contributed by atoms with E-state index in [0.29, 0.717) is 0 Å². The SMILES string of the molecule is CCC[SiH]1CCC(c2ccc(-c3ccc(C4CC[SiH](CCC)CC4)cc3)cc2)CC1. The fraction of sp³-hybridized carbons (Fsp3) is 0.571. The van der Waals surface area contributed by atoms with Crippen molar-refractivity contribution in [2.75, 3.05) is 0 Å². The van der Waals surface area contributed by atoms with Crippen molar-refractivity contribution in [1.29, 1.82) is 0 Å². The fourth-order valence-corrected chi connectivity index (χ4v) is 13.1. The van der Waals surface area contributed by atoms with Gasteiger partial charge >= 0.3 is 0 Å². The van der Waals surface area contributed by atoms with Gasteiger partial charge in [0, 0.05) is 17.6 Å². The molecule has 0 N–H and O–H groups in total. The lowest BCUT2D eigenvalue weighted by Crippen LogP contribution is -2.20. The van der Waals surface area contributed by atoms with Gasteiger partial charge in [0.25, 0.3) is 0 Å². The van der Waals surface area contributed by atoms with Crippen LogP contribution in [0.25, 0.3) is 11.1 Å². The average Bonchev–Trinajstić information content (AvgIpc) is 2.81. The molecule has 0 nitrogen and oxygen atoms in total. The van der Waals surface area contributed by atoms with Crippen LogP contribution in [0.3, 0.4) is 0 Å². The third kappa shape index (κ3) is 5.56. The van der Waals surface area contributed by atoms with Gasteiger partial charge < -0.3 is 0 Å². The molecule has 2 saturated heterocycles. The summed E-state index contributed by atoms with van der Waals surface area (Å²) in [4.78, 5) is 0. The van der Waals surface area contributed by atoms with Gasteiger partial charge in [-0.15, -0.1) is 0 Å². The molecule has 0 aromatic heterocycles. The first-order valence-corrected chi connectivity index (χ1v) is 17.9. The molecule has 30 heavy (non-hydrogen) atoms. The minimum atomic E-state index is -0.370. The van der Waals surface area contributed by atoms with Crippen LogP contribution in [0.4, 0.5) is 0 Å². The minimum absolute atomic E-state index is 0.370. The molecule has 2 heteroatoms. The molecule has 0 atom stereocenters. The van der Waals surface area contributed by atoms with Gasteiger partial charge in [-0.1, -0.05) is 111 Å². The monoisotopic (exact) mass is 434 g/mol. The van der Waals surface area contributed by atoms with Crippen LogP contribution in [0, 0.1) is 0 Å². The van der Waals surface area contributed by atoms with Crippen molar-refractivity contribution >= 4 is 17.6 Å². The van der Waals surface area contributed by atoms with Crippen molar-refractivity contribution in [3.8, 4) is 11.1 Å². The molecular weight excluding hydrogens is 392 g/mol. The Morgan fingerprint density at radius 1 is 0.567 bits per heavy atom. The molecule has 2 heterocycles. The summed E-state index contributed by atoms with van der Waals surface area (Å²) in [5.41, 5.74) is 5.96. The van der Waals surface area contributed by atoms with Gasteiger partial charge in [-0.3, -0.25) is 0 Å². The zero-order chi connectivity index (χ0) is 20.8. The Bertz CT molecular complexity index is 681. The summed E-state index contributed by atoms with van der Waals surface area (Å²) in [6, 6.07) is 28.7. The molecule has 2 aromatic carbocycles. The molecule has 0 spiro atoms. The van der Waals surface area contributed by atoms with E-state index in [-0.39, 0.29) is 17.6 Å². The van der Waals surface area contributed by atoms with E-state index in [9.17, 15) is 0 Å². The van der Waals surface area contributed by atoms with Crippen LogP contribution in [0.2, 0.25) is 36.3 Å². The van der Waals surface area contributed by atoms with Crippen LogP contribution in [-0.2, 0) is 0 Å². The van der Waals surface area contributed by atoms with Crippen molar-refractivity contribution < 1.29 is 0 Å². The zero-order valence-electron chi connectivity index (χ0n) is 19.4. The van der Waals surface area contributed by atoms with Crippen molar-refractivity contribution in [1.82, 2.24) is 0 Å². The maximum absolute atomic E-state index is 2.43. The van der Waals surface area contributed by atoms with E-state index in [1.54, 1.807) is 47.4 Å². The molecule has 0 radical (unpaired) electrons. The second kappa shape index (κ2) is 11.0. The van der Waals surface area contributed by atoms with Crippen LogP contribution in [0.15, 0.2) is 48.5 Å². The van der Waals surface area contributed by atoms with E-state index < -0.39 is 0 Å². The summed E-state index contributed by atoms with van der Waals surface area (Å²) < 4.78 is 0. The van der Waals surface area contributed by atoms with Crippen molar-refractivity contribution in [3.05, 3.63) is 59.7 Å². The van der Waals surface area contributed by atoms with E-state index in [4.69, 9.17) is 0 Å². The third-order valence-corrected chi connectivity index (χ3v) is 15.6. The summed E-state index contributed by atoms with van der Waals surface area (Å²) in [6.45, 7) is 4.73. The van der Waals surface area contributed by atoms with Crippen LogP contribution in [-0.4, -0.2) is 17.6 Å². The topological polar surface area (TPSA) is 0 Å². The Hall–Kier alpha value is -1.13. The Morgan fingerprint density at radius 2 is 0.900 bits per heavy atom. The first kappa shape index (κ1) is 22.1. The van der Waals surface area contributed by atoms with E-state index in [2.05, 4.69) is 62.4 Å². The third-order valence-electron chi connectivity index (χ3n) is 8.18. The second-order valence-corrected chi connectivity index (χ2v) is 17.2. The van der Waals surface area contributed by atoms with Gasteiger partial charge in [0.05, 0.1) is 0 Å². The molecule has 4 rings (SSSR count). The highest BCUT2D eigenvalue weighted by Gasteiger charge is 2.23. The second-order valence-electron chi connectivity index (χ2n) is 10.3. The molecule has 0 bridgehead atoms. The molecule has 0 saturated carbocycles. The molecule has 2 aliphatic rings. The zero-order valence-corrected chi connectivity index (χ0v) is 21.7. The maximum Gasteiger partial charge on any atom is 0.0368 e. The van der Waals surface area contributed by atoms with Crippen LogP contribution >= 0.6 is 0 Å². The first-order chi connectivity index (χ1) is 14.8. The lowest BCUT2D eigenvalue weighted by molar-refractivity contribution is 0.605. The van der Waals surface area contributed by atoms with E-state index in [0.717, 1.165) is 11.8 Å². The summed E-state index contributed by atoms with van der Waals surface area (Å²) in [6.07, 6.45) is 8.64. The van der Waals surface area contributed by atoms with Gasteiger partial charge in [0.1, 0.15) is 0 Å². The molecule has 0 amide bonds. The van der Waals surface area contributed by atoms with Gasteiger partial charge in [0.2, 0.25) is 0 Å². The predicted molar refractivity (Wildman–Crippen MR) is 140 cm³/mol. The number of hydrogen-bond acceptors (Lipinski definition) is 0. The smallest absolute Gasteiger partial charge is 0.0368 e. The van der Waals surface area contributed by atoms with E-state index in [1.165, 1.54) is 49.7 Å². The Morgan fingerprint density at radius 3 is 1.20 bits per heavy atom. The minimum Gasteiger partial charge on any atom is -0.0657 e. The lowest BCUT2D eigenvalue weighted by atomic mass is 9.90. The predicted octanol–water partition coefficient (Wildman–Crippen LogP) is 8.38. The number of rotatable bonds is 7. The Labute approximate surface area is 188 Å². The van der Waals surface area contributed by atoms with Crippen molar-refractivity contribution in [2.45, 2.75) is 100 Å². The van der Waals surface area contributed by atoms with Crippen LogP contribution in [0.1, 0.15) is 75.3 Å². The molecule has 2 aliphatic heterocycles. The molecule has 0 unspecified atom stereocenters. The molecule has 2 aromatic rings. The quantitative estimate of drug-likeness (QED) is 0.384. The van der Waals surface area contributed by atoms with Gasteiger partial charge in [-0.05, 0) is 59.8 Å². The summed E-state index contributed by atoms with van der Waals surface area (Å²) in [5, 5.41) is 0. The number of hydrogen-bond donors (Lipinski definition) is 0. The first-order valence-electron chi connectivity index (χ1n) is 13.0. The van der Waals surface area contributed by atoms with Crippen LogP contribution < -0.4 is 0 Å². The highest BCUT2D eigenvalue weighted by atomic mass is 28.3. The molecule has 2 fully saturated rings. The van der Waals surface area contributed by atoms with Crippen molar-refractivity contribution in [2.24, 2.45) is 0 Å². The summed E-state index contributed by atoms with van der Waals surface area (Å²) in [5.74, 6) is 1.65. The lowest BCUT2D eigenvalue weighted by Gasteiger charge is -2.28. The summed E-state index contributed by atoms with van der Waals surface area (Å²) in [7, 11) is -0.740. The Kier molecular flexibility index (Phi) is 8.06. The number of benzene rings is 2. The van der Waals surface area contributed by atoms with Crippen LogP contribution in [0.5, 0.6) is 0 Å². The highest BCUT2D eigenvalue weighted by Crippen LogP contribution is 2.37. The Balaban J connectivity index is 1.33. The van der Waals surface area contributed by atoms with E-state index in [1.807, 2.05) is 0 Å². The van der Waals surface area contributed by atoms with E-state index >= 15 is 0 Å². The normalized spacial score (nSPS) is 27.1. The standard InChI is InChI=1S/C28H42Si2/c1-3-17-29-19-13-27(14-20-29)25-9-5-23(6-10-25)24-7-11-26(12-8-24)28-15-21-30(18-4-2)22-16-28/h5-12,27-30H,3-4,13-22H2,1-2H3. The maximum atomic E-state index is 2.43. The van der Waals surface area contributed by atoms with Gasteiger partial charge in [-0.25, -0.2) is 0 Å². The molecular formula is C28H42Si2. The molecule has 0 aliphatic carbocycles. The largest absolute Gasteiger partial charge is 0.0657 e. The van der Waals surface area contributed by atoms with Crippen molar-refractivity contribution in [3.63, 3.8) is 0 Å². The van der Waals surface area contributed by atoms with Gasteiger partial charge in [0.15, 0.2) is 0 Å². The van der Waals surface area contributed by atoms with Gasteiger partial charge in [-0.2, -0.15) is 0 Å².